The van der Waals surface area contributed by atoms with Crippen LogP contribution in [0.4, 0.5) is 17.1 Å². The molecule has 180 valence electrons. The molecule has 0 aliphatic carbocycles. The van der Waals surface area contributed by atoms with Crippen molar-refractivity contribution in [3.63, 3.8) is 0 Å². The highest BCUT2D eigenvalue weighted by atomic mass is 16.5. The van der Waals surface area contributed by atoms with Crippen molar-refractivity contribution in [1.82, 2.24) is 0 Å². The van der Waals surface area contributed by atoms with Crippen LogP contribution >= 0.6 is 0 Å². The number of ether oxygens (including phenoxy) is 1. The van der Waals surface area contributed by atoms with Gasteiger partial charge in [-0.1, -0.05) is 80.9 Å². The Morgan fingerprint density at radius 1 is 0.611 bits per heavy atom. The van der Waals surface area contributed by atoms with E-state index in [1.807, 2.05) is 0 Å². The number of benzene rings is 5. The fraction of sp³-hybridized carbons (Fsp3) is 0.235. The molecule has 36 heavy (non-hydrogen) atoms. The topological polar surface area (TPSA) is 12.5 Å². The van der Waals surface area contributed by atoms with Gasteiger partial charge in [-0.2, -0.15) is 0 Å². The Kier molecular flexibility index (Phi) is 4.95. The van der Waals surface area contributed by atoms with Gasteiger partial charge in [0.05, 0.1) is 17.1 Å². The van der Waals surface area contributed by atoms with E-state index in [0.717, 1.165) is 33.6 Å². The molecule has 0 N–H and O–H groups in total. The second-order valence-corrected chi connectivity index (χ2v) is 11.4. The molecule has 0 aromatic heterocycles. The summed E-state index contributed by atoms with van der Waals surface area (Å²) in [6.45, 7) is 15.7. The standard InChI is InChI=1S/C34H33NO/c1-20-12-13-24-14-15-29-33(28(24)16-20)36-32-27-11-9-8-10-26(27)21(2)19-30(32)35(29)31-22(3)17-25(18-23(31)4)34(5,6)7/h8-19H,1-7H3. The van der Waals surface area contributed by atoms with Crippen molar-refractivity contribution in [2.45, 2.75) is 53.9 Å². The van der Waals surface area contributed by atoms with Crippen molar-refractivity contribution in [2.24, 2.45) is 0 Å². The van der Waals surface area contributed by atoms with Crippen LogP contribution in [0.1, 0.15) is 48.6 Å². The Hall–Kier alpha value is -3.78. The van der Waals surface area contributed by atoms with Crippen LogP contribution in [-0.4, -0.2) is 0 Å². The number of nitrogens with zero attached hydrogens (tertiary/aromatic N) is 1. The molecule has 6 rings (SSSR count). The van der Waals surface area contributed by atoms with Crippen molar-refractivity contribution in [3.05, 3.63) is 101 Å². The summed E-state index contributed by atoms with van der Waals surface area (Å²) in [5.74, 6) is 1.85. The summed E-state index contributed by atoms with van der Waals surface area (Å²) in [7, 11) is 0. The minimum atomic E-state index is 0.0927. The van der Waals surface area contributed by atoms with E-state index >= 15 is 0 Å². The molecule has 0 spiro atoms. The van der Waals surface area contributed by atoms with E-state index in [4.69, 9.17) is 4.74 Å². The van der Waals surface area contributed by atoms with Crippen molar-refractivity contribution in [3.8, 4) is 11.5 Å². The molecule has 1 aliphatic rings. The van der Waals surface area contributed by atoms with Gasteiger partial charge in [0, 0.05) is 10.8 Å². The van der Waals surface area contributed by atoms with Gasteiger partial charge in [-0.3, -0.25) is 0 Å². The average molecular weight is 472 g/mol. The fourth-order valence-corrected chi connectivity index (χ4v) is 5.68. The second kappa shape index (κ2) is 7.86. The SMILES string of the molecule is Cc1ccc2ccc3c(c2c1)Oc1c(cc(C)c2ccccc12)N3c1c(C)cc(C(C)(C)C)cc1C. The predicted molar refractivity (Wildman–Crippen MR) is 154 cm³/mol. The summed E-state index contributed by atoms with van der Waals surface area (Å²) in [5, 5.41) is 4.71. The summed E-state index contributed by atoms with van der Waals surface area (Å²) >= 11 is 0. The Balaban J connectivity index is 1.73. The molecule has 0 bridgehead atoms. The lowest BCUT2D eigenvalue weighted by molar-refractivity contribution is 0.488. The maximum atomic E-state index is 6.88. The Bertz CT molecular complexity index is 1660. The maximum Gasteiger partial charge on any atom is 0.159 e. The third kappa shape index (κ3) is 3.39. The van der Waals surface area contributed by atoms with Gasteiger partial charge < -0.3 is 9.64 Å². The third-order valence-corrected chi connectivity index (χ3v) is 7.56. The molecule has 0 atom stereocenters. The van der Waals surface area contributed by atoms with Crippen molar-refractivity contribution in [2.75, 3.05) is 4.90 Å². The first kappa shape index (κ1) is 22.7. The number of hydrogen-bond donors (Lipinski definition) is 0. The molecule has 0 unspecified atom stereocenters. The monoisotopic (exact) mass is 471 g/mol. The lowest BCUT2D eigenvalue weighted by Gasteiger charge is -2.37. The van der Waals surface area contributed by atoms with E-state index in [-0.39, 0.29) is 5.41 Å². The first-order valence-corrected chi connectivity index (χ1v) is 12.8. The Labute approximate surface area is 214 Å². The number of aryl methyl sites for hydroxylation is 4. The van der Waals surface area contributed by atoms with Gasteiger partial charge in [0.25, 0.3) is 0 Å². The molecule has 0 saturated carbocycles. The Morgan fingerprint density at radius 2 is 1.25 bits per heavy atom. The molecule has 2 nitrogen and oxygen atoms in total. The molecule has 0 fully saturated rings. The number of fused-ring (bicyclic) bond motifs is 6. The van der Waals surface area contributed by atoms with Crippen LogP contribution in [0.25, 0.3) is 21.5 Å². The number of hydrogen-bond acceptors (Lipinski definition) is 2. The highest BCUT2D eigenvalue weighted by Crippen LogP contribution is 2.56. The molecular formula is C34H33NO. The minimum absolute atomic E-state index is 0.0927. The van der Waals surface area contributed by atoms with Gasteiger partial charge in [-0.25, -0.2) is 0 Å². The van der Waals surface area contributed by atoms with Crippen LogP contribution in [0.5, 0.6) is 11.5 Å². The minimum Gasteiger partial charge on any atom is -0.452 e. The highest BCUT2D eigenvalue weighted by Gasteiger charge is 2.31. The van der Waals surface area contributed by atoms with E-state index in [0.29, 0.717) is 0 Å². The van der Waals surface area contributed by atoms with Crippen molar-refractivity contribution < 1.29 is 4.74 Å². The molecule has 1 heterocycles. The van der Waals surface area contributed by atoms with E-state index in [1.165, 1.54) is 44.3 Å². The van der Waals surface area contributed by atoms with E-state index in [9.17, 15) is 0 Å². The van der Waals surface area contributed by atoms with E-state index in [1.54, 1.807) is 0 Å². The first-order valence-electron chi connectivity index (χ1n) is 12.8. The van der Waals surface area contributed by atoms with Gasteiger partial charge in [-0.15, -0.1) is 0 Å². The van der Waals surface area contributed by atoms with Crippen molar-refractivity contribution >= 4 is 38.6 Å². The quantitative estimate of drug-likeness (QED) is 0.236. The summed E-state index contributed by atoms with van der Waals surface area (Å²) < 4.78 is 6.88. The van der Waals surface area contributed by atoms with Crippen LogP contribution in [-0.2, 0) is 5.41 Å². The third-order valence-electron chi connectivity index (χ3n) is 7.56. The first-order chi connectivity index (χ1) is 17.1. The zero-order valence-corrected chi connectivity index (χ0v) is 22.3. The lowest BCUT2D eigenvalue weighted by atomic mass is 9.84. The molecule has 2 heteroatoms. The zero-order chi connectivity index (χ0) is 25.4. The van der Waals surface area contributed by atoms with Crippen LogP contribution in [0.2, 0.25) is 0 Å². The summed E-state index contributed by atoms with van der Waals surface area (Å²) in [5.41, 5.74) is 9.89. The fourth-order valence-electron chi connectivity index (χ4n) is 5.68. The van der Waals surface area contributed by atoms with Crippen LogP contribution in [0.3, 0.4) is 0 Å². The highest BCUT2D eigenvalue weighted by molar-refractivity contribution is 6.05. The molecule has 0 amide bonds. The molecule has 1 aliphatic heterocycles. The predicted octanol–water partition coefficient (Wildman–Crippen LogP) is 10.1. The Morgan fingerprint density at radius 3 is 1.94 bits per heavy atom. The zero-order valence-electron chi connectivity index (χ0n) is 22.3. The molecule has 5 aromatic rings. The number of rotatable bonds is 1. The van der Waals surface area contributed by atoms with Crippen LogP contribution < -0.4 is 9.64 Å². The average Bonchev–Trinajstić information content (AvgIpc) is 2.83. The summed E-state index contributed by atoms with van der Waals surface area (Å²) in [6.07, 6.45) is 0. The van der Waals surface area contributed by atoms with Crippen LogP contribution in [0.15, 0.2) is 72.8 Å². The largest absolute Gasteiger partial charge is 0.452 e. The molecule has 0 radical (unpaired) electrons. The van der Waals surface area contributed by atoms with E-state index < -0.39 is 0 Å². The van der Waals surface area contributed by atoms with Gasteiger partial charge in [0.15, 0.2) is 11.5 Å². The second-order valence-electron chi connectivity index (χ2n) is 11.4. The molecule has 5 aromatic carbocycles. The van der Waals surface area contributed by atoms with Gasteiger partial charge >= 0.3 is 0 Å². The van der Waals surface area contributed by atoms with Crippen LogP contribution in [0, 0.1) is 27.7 Å². The lowest BCUT2D eigenvalue weighted by Crippen LogP contribution is -2.20. The summed E-state index contributed by atoms with van der Waals surface area (Å²) in [6, 6.07) is 26.6. The molecule has 0 saturated heterocycles. The molecular weight excluding hydrogens is 438 g/mol. The maximum absolute atomic E-state index is 6.88. The normalized spacial score (nSPS) is 13.0. The summed E-state index contributed by atoms with van der Waals surface area (Å²) in [4.78, 5) is 2.44. The smallest absolute Gasteiger partial charge is 0.159 e. The van der Waals surface area contributed by atoms with Crippen molar-refractivity contribution in [1.29, 1.82) is 0 Å². The van der Waals surface area contributed by atoms with E-state index in [2.05, 4.69) is 126 Å². The van der Waals surface area contributed by atoms with Gasteiger partial charge in [0.1, 0.15) is 0 Å². The van der Waals surface area contributed by atoms with Gasteiger partial charge in [0.2, 0.25) is 0 Å². The van der Waals surface area contributed by atoms with Gasteiger partial charge in [-0.05, 0) is 84.3 Å². The number of anilines is 3.